The maximum atomic E-state index is 13.0. The molecule has 3 N–H and O–H groups in total. The lowest BCUT2D eigenvalue weighted by Crippen LogP contribution is -2.47. The number of carbonyl (C=O) groups excluding carboxylic acids is 2. The molecule has 0 saturated heterocycles. The maximum absolute atomic E-state index is 13.0. The average molecular weight is 472 g/mol. The van der Waals surface area contributed by atoms with Crippen molar-refractivity contribution in [3.8, 4) is 0 Å². The Kier molecular flexibility index (Phi) is 7.07. The van der Waals surface area contributed by atoms with Gasteiger partial charge in [-0.1, -0.05) is 53.5 Å². The van der Waals surface area contributed by atoms with E-state index in [9.17, 15) is 9.59 Å². The number of fused-ring (bicyclic) bond motifs is 1. The maximum Gasteiger partial charge on any atom is 0.268 e. The summed E-state index contributed by atoms with van der Waals surface area (Å²) in [5.74, 6) is -0.196. The van der Waals surface area contributed by atoms with Gasteiger partial charge in [0.05, 0.1) is 11.6 Å². The molecule has 166 valence electrons. The van der Waals surface area contributed by atoms with Gasteiger partial charge in [0.1, 0.15) is 22.7 Å². The van der Waals surface area contributed by atoms with Gasteiger partial charge in [0.25, 0.3) is 5.91 Å². The van der Waals surface area contributed by atoms with Gasteiger partial charge in [0.2, 0.25) is 5.91 Å². The number of H-pyrrole nitrogens is 1. The molecule has 3 aromatic rings. The van der Waals surface area contributed by atoms with Crippen molar-refractivity contribution in [1.29, 1.82) is 0 Å². The number of aromatic amines is 1. The largest absolute Gasteiger partial charge is 0.347 e. The van der Waals surface area contributed by atoms with Crippen LogP contribution in [0.2, 0.25) is 10.2 Å². The fraction of sp³-hybridized carbons (Fsp3) is 0.304. The molecule has 0 radical (unpaired) electrons. The van der Waals surface area contributed by atoms with E-state index in [0.29, 0.717) is 18.7 Å². The second-order valence-electron chi connectivity index (χ2n) is 7.72. The molecule has 0 bridgehead atoms. The first-order chi connectivity index (χ1) is 15.5. The molecule has 1 aliphatic carbocycles. The van der Waals surface area contributed by atoms with Crippen molar-refractivity contribution in [2.75, 3.05) is 0 Å². The molecule has 1 aromatic carbocycles. The van der Waals surface area contributed by atoms with E-state index in [1.807, 2.05) is 36.5 Å². The number of hydrogen-bond donors (Lipinski definition) is 3. The number of benzene rings is 1. The van der Waals surface area contributed by atoms with E-state index in [1.54, 1.807) is 0 Å². The standard InChI is InChI=1S/C23H23Cl2N5O2/c24-16-11-19(29-21(16)25)23(32)30-18(10-9-14-5-2-1-3-6-14)22(31)27-13-20-26-12-15-7-4-8-17(15)28-20/h1-3,5-6,11-12,18,29H,4,7-10,13H2,(H,27,31)(H,30,32)/t18-/m0/s1. The molecule has 2 heterocycles. The van der Waals surface area contributed by atoms with Crippen molar-refractivity contribution < 1.29 is 9.59 Å². The zero-order valence-electron chi connectivity index (χ0n) is 17.3. The van der Waals surface area contributed by atoms with E-state index in [-0.39, 0.29) is 28.3 Å². The molecule has 2 aromatic heterocycles. The molecule has 0 spiro atoms. The number of carbonyl (C=O) groups is 2. The molecule has 9 heteroatoms. The van der Waals surface area contributed by atoms with Crippen LogP contribution in [0.5, 0.6) is 0 Å². The lowest BCUT2D eigenvalue weighted by atomic mass is 10.0. The zero-order chi connectivity index (χ0) is 22.5. The molecule has 0 unspecified atom stereocenters. The van der Waals surface area contributed by atoms with Crippen LogP contribution in [0.1, 0.15) is 46.0 Å². The quantitative estimate of drug-likeness (QED) is 0.466. The fourth-order valence-corrected chi connectivity index (χ4v) is 4.03. The van der Waals surface area contributed by atoms with Crippen molar-refractivity contribution in [1.82, 2.24) is 25.6 Å². The van der Waals surface area contributed by atoms with Gasteiger partial charge in [-0.25, -0.2) is 9.97 Å². The number of aryl methyl sites for hydroxylation is 3. The van der Waals surface area contributed by atoms with E-state index < -0.39 is 11.9 Å². The third-order valence-electron chi connectivity index (χ3n) is 5.44. The van der Waals surface area contributed by atoms with Crippen LogP contribution in [0, 0.1) is 0 Å². The SMILES string of the molecule is O=C(N[C@@H](CCc1ccccc1)C(=O)NCc1ncc2c(n1)CCC2)c1cc(Cl)c(Cl)[nH]1. The third kappa shape index (κ3) is 5.47. The number of rotatable bonds is 8. The molecule has 1 atom stereocenters. The molecule has 2 amide bonds. The van der Waals surface area contributed by atoms with Gasteiger partial charge in [-0.05, 0) is 49.3 Å². The van der Waals surface area contributed by atoms with Crippen LogP contribution in [-0.2, 0) is 30.6 Å². The van der Waals surface area contributed by atoms with Crippen LogP contribution >= 0.6 is 23.2 Å². The van der Waals surface area contributed by atoms with Crippen molar-refractivity contribution in [2.24, 2.45) is 0 Å². The second-order valence-corrected chi connectivity index (χ2v) is 8.51. The topological polar surface area (TPSA) is 99.8 Å². The molecule has 1 aliphatic rings. The highest BCUT2D eigenvalue weighted by atomic mass is 35.5. The number of hydrogen-bond acceptors (Lipinski definition) is 4. The first-order valence-electron chi connectivity index (χ1n) is 10.5. The predicted octanol–water partition coefficient (Wildman–Crippen LogP) is 3.65. The second kappa shape index (κ2) is 10.1. The smallest absolute Gasteiger partial charge is 0.268 e. The molecule has 0 saturated carbocycles. The first-order valence-corrected chi connectivity index (χ1v) is 11.3. The monoisotopic (exact) mass is 471 g/mol. The van der Waals surface area contributed by atoms with Gasteiger partial charge in [-0.15, -0.1) is 0 Å². The molecule has 0 fully saturated rings. The number of halogens is 2. The molecular weight excluding hydrogens is 449 g/mol. The summed E-state index contributed by atoms with van der Waals surface area (Å²) in [7, 11) is 0. The van der Waals surface area contributed by atoms with Gasteiger partial charge in [-0.2, -0.15) is 0 Å². The van der Waals surface area contributed by atoms with Crippen LogP contribution in [0.4, 0.5) is 0 Å². The van der Waals surface area contributed by atoms with E-state index in [1.165, 1.54) is 11.6 Å². The third-order valence-corrected chi connectivity index (χ3v) is 6.13. The van der Waals surface area contributed by atoms with Crippen LogP contribution < -0.4 is 10.6 Å². The summed E-state index contributed by atoms with van der Waals surface area (Å²) in [6.45, 7) is 0.198. The number of nitrogens with zero attached hydrogens (tertiary/aromatic N) is 2. The summed E-state index contributed by atoms with van der Waals surface area (Å²) in [5.41, 5.74) is 3.50. The van der Waals surface area contributed by atoms with Crippen LogP contribution in [0.25, 0.3) is 0 Å². The summed E-state index contributed by atoms with van der Waals surface area (Å²) in [4.78, 5) is 37.3. The van der Waals surface area contributed by atoms with Crippen molar-refractivity contribution in [2.45, 2.75) is 44.7 Å². The van der Waals surface area contributed by atoms with Gasteiger partial charge < -0.3 is 15.6 Å². The summed E-state index contributed by atoms with van der Waals surface area (Å²) in [6, 6.07) is 10.5. The normalized spacial score (nSPS) is 13.4. The average Bonchev–Trinajstić information content (AvgIpc) is 3.41. The lowest BCUT2D eigenvalue weighted by Gasteiger charge is -2.18. The molecule has 0 aliphatic heterocycles. The first kappa shape index (κ1) is 22.3. The van der Waals surface area contributed by atoms with E-state index in [4.69, 9.17) is 23.2 Å². The van der Waals surface area contributed by atoms with E-state index >= 15 is 0 Å². The Morgan fingerprint density at radius 3 is 2.72 bits per heavy atom. The van der Waals surface area contributed by atoms with E-state index in [0.717, 1.165) is 30.5 Å². The highest BCUT2D eigenvalue weighted by Crippen LogP contribution is 2.22. The summed E-state index contributed by atoms with van der Waals surface area (Å²) in [6.07, 6.45) is 5.91. The Morgan fingerprint density at radius 1 is 1.16 bits per heavy atom. The number of nitrogens with one attached hydrogen (secondary N) is 3. The van der Waals surface area contributed by atoms with Gasteiger partial charge in [0.15, 0.2) is 0 Å². The molecule has 4 rings (SSSR count). The Morgan fingerprint density at radius 2 is 1.97 bits per heavy atom. The minimum Gasteiger partial charge on any atom is -0.347 e. The predicted molar refractivity (Wildman–Crippen MR) is 123 cm³/mol. The minimum absolute atomic E-state index is 0.177. The Hall–Kier alpha value is -2.90. The van der Waals surface area contributed by atoms with Crippen molar-refractivity contribution >= 4 is 35.0 Å². The minimum atomic E-state index is -0.752. The molecular formula is C23H23Cl2N5O2. The fourth-order valence-electron chi connectivity index (χ4n) is 3.72. The Bertz CT molecular complexity index is 1100. The van der Waals surface area contributed by atoms with E-state index in [2.05, 4.69) is 25.6 Å². The number of amides is 2. The summed E-state index contributed by atoms with van der Waals surface area (Å²) in [5, 5.41) is 6.06. The van der Waals surface area contributed by atoms with Crippen LogP contribution in [0.15, 0.2) is 42.6 Å². The molecule has 32 heavy (non-hydrogen) atoms. The Labute approximate surface area is 196 Å². The van der Waals surface area contributed by atoms with Crippen LogP contribution in [0.3, 0.4) is 0 Å². The lowest BCUT2D eigenvalue weighted by molar-refractivity contribution is -0.123. The van der Waals surface area contributed by atoms with Crippen molar-refractivity contribution in [3.63, 3.8) is 0 Å². The molecule has 7 nitrogen and oxygen atoms in total. The highest BCUT2D eigenvalue weighted by molar-refractivity contribution is 6.41. The van der Waals surface area contributed by atoms with Crippen LogP contribution in [-0.4, -0.2) is 32.8 Å². The van der Waals surface area contributed by atoms with Gasteiger partial charge in [-0.3, -0.25) is 9.59 Å². The summed E-state index contributed by atoms with van der Waals surface area (Å²) >= 11 is 11.8. The zero-order valence-corrected chi connectivity index (χ0v) is 18.8. The summed E-state index contributed by atoms with van der Waals surface area (Å²) < 4.78 is 0. The van der Waals surface area contributed by atoms with Gasteiger partial charge >= 0.3 is 0 Å². The van der Waals surface area contributed by atoms with Crippen molar-refractivity contribution in [3.05, 3.63) is 81.1 Å². The highest BCUT2D eigenvalue weighted by Gasteiger charge is 2.23. The Balaban J connectivity index is 1.43. The van der Waals surface area contributed by atoms with Gasteiger partial charge in [0, 0.05) is 11.9 Å². The number of aromatic nitrogens is 3.